The quantitative estimate of drug-likeness (QED) is 0.531. The average Bonchev–Trinajstić information content (AvgIpc) is 3.16. The monoisotopic (exact) mass is 437 g/mol. The maximum Gasteiger partial charge on any atom is 0.456 e. The third kappa shape index (κ3) is 3.54. The number of nitrogens with zero attached hydrogens (tertiary/aromatic N) is 3. The van der Waals surface area contributed by atoms with Crippen molar-refractivity contribution in [2.45, 2.75) is 38.0 Å². The molecule has 1 aromatic heterocycles. The van der Waals surface area contributed by atoms with Crippen LogP contribution in [0.1, 0.15) is 44.9 Å². The number of benzene rings is 1. The minimum atomic E-state index is -4.92. The van der Waals surface area contributed by atoms with Crippen LogP contribution in [0.3, 0.4) is 0 Å². The minimum Gasteiger partial charge on any atom is -0.339 e. The Bertz CT molecular complexity index is 1040. The van der Waals surface area contributed by atoms with E-state index in [1.165, 1.54) is 28.8 Å². The zero-order chi connectivity index (χ0) is 22.6. The van der Waals surface area contributed by atoms with E-state index in [-0.39, 0.29) is 17.4 Å². The summed E-state index contributed by atoms with van der Waals surface area (Å²) in [5.41, 5.74) is 0.603. The van der Waals surface area contributed by atoms with Crippen LogP contribution in [0.4, 0.5) is 17.6 Å². The Kier molecular flexibility index (Phi) is 5.20. The fourth-order valence-corrected chi connectivity index (χ4v) is 4.80. The van der Waals surface area contributed by atoms with E-state index in [0.717, 1.165) is 0 Å². The highest BCUT2D eigenvalue weighted by Crippen LogP contribution is 2.42. The number of carbonyl (C=O) groups excluding carboxylic acids is 2. The smallest absolute Gasteiger partial charge is 0.339 e. The van der Waals surface area contributed by atoms with Crippen LogP contribution in [0.15, 0.2) is 30.3 Å². The molecule has 0 unspecified atom stereocenters. The molecular formula is C22H23F4N3O2. The molecule has 5 nitrogen and oxygen atoms in total. The largest absolute Gasteiger partial charge is 0.456 e. The van der Waals surface area contributed by atoms with Crippen molar-refractivity contribution in [3.8, 4) is 0 Å². The molecule has 4 rings (SSSR count). The molecule has 0 radical (unpaired) electrons. The van der Waals surface area contributed by atoms with Crippen LogP contribution in [-0.2, 0) is 12.1 Å². The van der Waals surface area contributed by atoms with Gasteiger partial charge < -0.3 is 9.47 Å². The van der Waals surface area contributed by atoms with E-state index in [4.69, 9.17) is 0 Å². The second-order valence-corrected chi connectivity index (χ2v) is 8.29. The zero-order valence-corrected chi connectivity index (χ0v) is 17.3. The Morgan fingerprint density at radius 3 is 2.29 bits per heavy atom. The van der Waals surface area contributed by atoms with Gasteiger partial charge in [-0.25, -0.2) is 4.39 Å². The first-order valence-electron chi connectivity index (χ1n) is 10.1. The number of rotatable bonds is 2. The molecule has 166 valence electrons. The van der Waals surface area contributed by atoms with E-state index >= 15 is 0 Å². The molecule has 2 aromatic rings. The molecule has 9 heteroatoms. The topological polar surface area (TPSA) is 45.6 Å². The summed E-state index contributed by atoms with van der Waals surface area (Å²) in [6.45, 7) is 3.23. The Labute approximate surface area is 177 Å². The molecule has 1 fully saturated rings. The lowest BCUT2D eigenvalue weighted by molar-refractivity contribution is -0.0892. The van der Waals surface area contributed by atoms with Crippen molar-refractivity contribution in [1.82, 2.24) is 14.4 Å². The van der Waals surface area contributed by atoms with E-state index < -0.39 is 17.5 Å². The maximum atomic E-state index is 13.5. The molecule has 1 aromatic carbocycles. The number of Topliss-reactive ketones (excluding diaryl/α,β-unsaturated/α-hetero) is 1. The summed E-state index contributed by atoms with van der Waals surface area (Å²) in [5.74, 6) is -2.40. The highest BCUT2D eigenvalue weighted by molar-refractivity contribution is 5.99. The standard InChI is InChI=1S/C22H23F4N3O2/c1-14-13-15(3-4-16(14)23)20(31)28-9-7-21(8-10-28)18-6-5-17(19(30)22(24,25)26)29(18)12-11-27(21)2/h3-6,13H,7-12H2,1-2H3. The van der Waals surface area contributed by atoms with Gasteiger partial charge in [0.25, 0.3) is 11.7 Å². The van der Waals surface area contributed by atoms with Crippen LogP contribution >= 0.6 is 0 Å². The molecule has 2 aliphatic heterocycles. The van der Waals surface area contributed by atoms with E-state index in [1.807, 2.05) is 7.05 Å². The number of aryl methyl sites for hydroxylation is 1. The van der Waals surface area contributed by atoms with E-state index in [0.29, 0.717) is 55.8 Å². The number of carbonyl (C=O) groups is 2. The number of likely N-dealkylation sites (N-methyl/N-ethyl adjacent to an activating group) is 1. The predicted octanol–water partition coefficient (Wildman–Crippen LogP) is 3.76. The molecule has 0 bridgehead atoms. The first-order valence-corrected chi connectivity index (χ1v) is 10.1. The maximum absolute atomic E-state index is 13.5. The van der Waals surface area contributed by atoms with Crippen molar-refractivity contribution in [3.63, 3.8) is 0 Å². The van der Waals surface area contributed by atoms with Crippen LogP contribution in [0.25, 0.3) is 0 Å². The van der Waals surface area contributed by atoms with Gasteiger partial charge in [0, 0.05) is 37.4 Å². The van der Waals surface area contributed by atoms with E-state index in [2.05, 4.69) is 4.90 Å². The molecule has 2 aliphatic rings. The number of hydrogen-bond donors (Lipinski definition) is 0. The van der Waals surface area contributed by atoms with Crippen molar-refractivity contribution < 1.29 is 27.2 Å². The molecule has 1 saturated heterocycles. The normalized spacial score (nSPS) is 18.8. The molecular weight excluding hydrogens is 414 g/mol. The van der Waals surface area contributed by atoms with Gasteiger partial charge in [-0.05, 0) is 62.7 Å². The lowest BCUT2D eigenvalue weighted by Crippen LogP contribution is -2.56. The molecule has 0 atom stereocenters. The van der Waals surface area contributed by atoms with Gasteiger partial charge in [-0.15, -0.1) is 0 Å². The second kappa shape index (κ2) is 7.47. The second-order valence-electron chi connectivity index (χ2n) is 8.29. The fourth-order valence-electron chi connectivity index (χ4n) is 4.80. The van der Waals surface area contributed by atoms with Gasteiger partial charge in [-0.1, -0.05) is 0 Å². The van der Waals surface area contributed by atoms with Crippen molar-refractivity contribution >= 4 is 11.7 Å². The fraction of sp³-hybridized carbons (Fsp3) is 0.455. The number of halogens is 4. The van der Waals surface area contributed by atoms with Gasteiger partial charge in [-0.3, -0.25) is 14.5 Å². The number of hydrogen-bond acceptors (Lipinski definition) is 3. The van der Waals surface area contributed by atoms with Crippen LogP contribution in [0.5, 0.6) is 0 Å². The molecule has 31 heavy (non-hydrogen) atoms. The van der Waals surface area contributed by atoms with Gasteiger partial charge in [0.1, 0.15) is 5.82 Å². The van der Waals surface area contributed by atoms with Crippen molar-refractivity contribution in [2.75, 3.05) is 26.7 Å². The van der Waals surface area contributed by atoms with E-state index in [1.54, 1.807) is 17.9 Å². The lowest BCUT2D eigenvalue weighted by Gasteiger charge is -2.50. The van der Waals surface area contributed by atoms with E-state index in [9.17, 15) is 27.2 Å². The summed E-state index contributed by atoms with van der Waals surface area (Å²) < 4.78 is 54.0. The van der Waals surface area contributed by atoms with Crippen LogP contribution in [0.2, 0.25) is 0 Å². The first kappa shape index (κ1) is 21.5. The summed E-state index contributed by atoms with van der Waals surface area (Å²) in [6, 6.07) is 7.12. The number of piperidine rings is 1. The van der Waals surface area contributed by atoms with Crippen LogP contribution in [-0.4, -0.2) is 58.9 Å². The van der Waals surface area contributed by atoms with Gasteiger partial charge in [0.15, 0.2) is 0 Å². The predicted molar refractivity (Wildman–Crippen MR) is 105 cm³/mol. The molecule has 1 spiro atoms. The van der Waals surface area contributed by atoms with Crippen molar-refractivity contribution in [3.05, 3.63) is 58.7 Å². The summed E-state index contributed by atoms with van der Waals surface area (Å²) in [6.07, 6.45) is -3.87. The number of fused-ring (bicyclic) bond motifs is 2. The lowest BCUT2D eigenvalue weighted by atomic mass is 9.81. The number of alkyl halides is 3. The Hall–Kier alpha value is -2.68. The van der Waals surface area contributed by atoms with Gasteiger partial charge in [0.05, 0.1) is 11.2 Å². The third-order valence-electron chi connectivity index (χ3n) is 6.62. The highest BCUT2D eigenvalue weighted by atomic mass is 19.4. The van der Waals surface area contributed by atoms with Crippen LogP contribution < -0.4 is 0 Å². The third-order valence-corrected chi connectivity index (χ3v) is 6.62. The SMILES string of the molecule is Cc1cc(C(=O)N2CCC3(CC2)c2ccc(C(=O)C(F)(F)F)n2CCN3C)ccc1F. The Morgan fingerprint density at radius 1 is 1.00 bits per heavy atom. The van der Waals surface area contributed by atoms with Crippen LogP contribution in [0, 0.1) is 12.7 Å². The number of amides is 1. The highest BCUT2D eigenvalue weighted by Gasteiger charge is 2.47. The molecule has 0 N–H and O–H groups in total. The summed E-state index contributed by atoms with van der Waals surface area (Å²) in [4.78, 5) is 28.5. The van der Waals surface area contributed by atoms with Gasteiger partial charge >= 0.3 is 6.18 Å². The molecule has 0 aliphatic carbocycles. The van der Waals surface area contributed by atoms with Crippen molar-refractivity contribution in [2.24, 2.45) is 0 Å². The average molecular weight is 437 g/mol. The number of likely N-dealkylation sites (tertiary alicyclic amines) is 1. The van der Waals surface area contributed by atoms with Gasteiger partial charge in [0.2, 0.25) is 0 Å². The summed E-state index contributed by atoms with van der Waals surface area (Å²) >= 11 is 0. The molecule has 3 heterocycles. The summed E-state index contributed by atoms with van der Waals surface area (Å²) in [7, 11) is 1.92. The number of ketones is 1. The minimum absolute atomic E-state index is 0.195. The van der Waals surface area contributed by atoms with Gasteiger partial charge in [-0.2, -0.15) is 13.2 Å². The number of aromatic nitrogens is 1. The summed E-state index contributed by atoms with van der Waals surface area (Å²) in [5, 5.41) is 0. The Morgan fingerprint density at radius 2 is 1.68 bits per heavy atom. The first-order chi connectivity index (χ1) is 14.5. The Balaban J connectivity index is 1.58. The van der Waals surface area contributed by atoms with Crippen molar-refractivity contribution in [1.29, 1.82) is 0 Å². The zero-order valence-electron chi connectivity index (χ0n) is 17.3. The molecule has 1 amide bonds. The molecule has 0 saturated carbocycles.